The summed E-state index contributed by atoms with van der Waals surface area (Å²) >= 11 is 0. The third-order valence-electron chi connectivity index (χ3n) is 9.96. The van der Waals surface area contributed by atoms with Crippen LogP contribution in [0.2, 0.25) is 0 Å². The van der Waals surface area contributed by atoms with E-state index in [0.717, 1.165) is 72.3 Å². The summed E-state index contributed by atoms with van der Waals surface area (Å²) in [6.45, 7) is 5.93. The number of hydrogen-bond donors (Lipinski definition) is 0. The maximum Gasteiger partial charge on any atom is 0.421 e. The standard InChI is InChI=1S/C47H33F6N3O/c1-28-21-34(32-16-14-31(15-17-32)23-43(46(48,49)50)47(51,52)53)22-29(2)45(28)39-26-40(55-27-30(39)3)33-9-8-10-35(24-33)57-36-18-19-38-37-11-4-5-12-41(37)56(42(38)25-36)44-13-6-7-20-54-44/h4-27H,1-3H3. The molecule has 0 bridgehead atoms. The Balaban J connectivity index is 1.08. The van der Waals surface area contributed by atoms with Gasteiger partial charge in [-0.05, 0) is 120 Å². The van der Waals surface area contributed by atoms with E-state index in [1.54, 1.807) is 6.20 Å². The molecular weight excluding hydrogens is 737 g/mol. The van der Waals surface area contributed by atoms with Gasteiger partial charge in [-0.25, -0.2) is 4.98 Å². The van der Waals surface area contributed by atoms with Gasteiger partial charge in [0.25, 0.3) is 0 Å². The van der Waals surface area contributed by atoms with Crippen LogP contribution < -0.4 is 4.74 Å². The SMILES string of the molecule is Cc1cnc(-c2cccc(Oc3ccc4c5ccccc5n(-c5ccccn5)c4c3)c2)cc1-c1c(C)cc(-c2ccc(C=C(C(F)(F)F)C(F)(F)F)cc2)cc1C. The average Bonchev–Trinajstić information content (AvgIpc) is 3.50. The molecule has 0 atom stereocenters. The van der Waals surface area contributed by atoms with Gasteiger partial charge in [-0.1, -0.05) is 72.8 Å². The van der Waals surface area contributed by atoms with Crippen LogP contribution in [0, 0.1) is 20.8 Å². The van der Waals surface area contributed by atoms with Crippen molar-refractivity contribution in [2.75, 3.05) is 0 Å². The van der Waals surface area contributed by atoms with Crippen molar-refractivity contribution in [2.24, 2.45) is 0 Å². The Kier molecular flexibility index (Phi) is 9.43. The van der Waals surface area contributed by atoms with E-state index in [0.29, 0.717) is 17.1 Å². The quantitative estimate of drug-likeness (QED) is 0.152. The Morgan fingerprint density at radius 3 is 1.96 bits per heavy atom. The Morgan fingerprint density at radius 2 is 1.26 bits per heavy atom. The summed E-state index contributed by atoms with van der Waals surface area (Å²) in [4.78, 5) is 9.39. The lowest BCUT2D eigenvalue weighted by atomic mass is 9.89. The number of aryl methyl sites for hydroxylation is 3. The smallest absolute Gasteiger partial charge is 0.421 e. The highest BCUT2D eigenvalue weighted by atomic mass is 19.4. The molecule has 3 aromatic heterocycles. The largest absolute Gasteiger partial charge is 0.457 e. The maximum absolute atomic E-state index is 13.1. The Labute approximate surface area is 324 Å². The lowest BCUT2D eigenvalue weighted by Crippen LogP contribution is -2.25. The maximum atomic E-state index is 13.1. The van der Waals surface area contributed by atoms with Gasteiger partial charge >= 0.3 is 12.4 Å². The molecule has 8 aromatic rings. The van der Waals surface area contributed by atoms with Crippen LogP contribution in [0.1, 0.15) is 22.3 Å². The number of ether oxygens (including phenoxy) is 1. The van der Waals surface area contributed by atoms with Crippen molar-refractivity contribution in [3.8, 4) is 50.8 Å². The third kappa shape index (κ3) is 7.38. The zero-order valence-corrected chi connectivity index (χ0v) is 30.9. The highest BCUT2D eigenvalue weighted by Crippen LogP contribution is 2.41. The molecule has 284 valence electrons. The minimum atomic E-state index is -5.52. The van der Waals surface area contributed by atoms with Crippen LogP contribution in [0.4, 0.5) is 26.3 Å². The normalized spacial score (nSPS) is 11.9. The number of aromatic nitrogens is 3. The molecule has 0 unspecified atom stereocenters. The van der Waals surface area contributed by atoms with Gasteiger partial charge in [0.15, 0.2) is 0 Å². The highest BCUT2D eigenvalue weighted by molar-refractivity contribution is 6.09. The predicted octanol–water partition coefficient (Wildman–Crippen LogP) is 13.8. The van der Waals surface area contributed by atoms with E-state index in [9.17, 15) is 26.3 Å². The van der Waals surface area contributed by atoms with Gasteiger partial charge in [0.1, 0.15) is 22.9 Å². The zero-order chi connectivity index (χ0) is 40.1. The molecule has 4 nitrogen and oxygen atoms in total. The van der Waals surface area contributed by atoms with Gasteiger partial charge in [0.2, 0.25) is 0 Å². The number of hydrogen-bond acceptors (Lipinski definition) is 3. The number of pyridine rings is 2. The first-order chi connectivity index (χ1) is 27.2. The number of para-hydroxylation sites is 1. The molecule has 8 rings (SSSR count). The van der Waals surface area contributed by atoms with Gasteiger partial charge in [0.05, 0.1) is 16.7 Å². The van der Waals surface area contributed by atoms with Crippen molar-refractivity contribution in [3.05, 3.63) is 168 Å². The van der Waals surface area contributed by atoms with Gasteiger partial charge < -0.3 is 4.74 Å². The first-order valence-electron chi connectivity index (χ1n) is 18.0. The second-order valence-corrected chi connectivity index (χ2v) is 13.9. The van der Waals surface area contributed by atoms with Gasteiger partial charge in [-0.3, -0.25) is 9.55 Å². The van der Waals surface area contributed by atoms with Crippen molar-refractivity contribution < 1.29 is 31.1 Å². The molecule has 3 heterocycles. The molecule has 0 saturated heterocycles. The summed E-state index contributed by atoms with van der Waals surface area (Å²) in [5.41, 5.74) is 7.15. The van der Waals surface area contributed by atoms with Crippen LogP contribution >= 0.6 is 0 Å². The zero-order valence-electron chi connectivity index (χ0n) is 30.9. The molecule has 0 amide bonds. The molecule has 0 aliphatic carbocycles. The van der Waals surface area contributed by atoms with E-state index in [2.05, 4.69) is 27.8 Å². The summed E-state index contributed by atoms with van der Waals surface area (Å²) in [6.07, 6.45) is -7.32. The molecule has 10 heteroatoms. The van der Waals surface area contributed by atoms with Crippen molar-refractivity contribution in [1.82, 2.24) is 14.5 Å². The molecule has 0 spiro atoms. The Bertz CT molecular complexity index is 2780. The molecule has 57 heavy (non-hydrogen) atoms. The first kappa shape index (κ1) is 37.3. The van der Waals surface area contributed by atoms with Crippen molar-refractivity contribution >= 4 is 27.9 Å². The van der Waals surface area contributed by atoms with Gasteiger partial charge in [-0.15, -0.1) is 0 Å². The molecular formula is C47H33F6N3O. The van der Waals surface area contributed by atoms with Crippen molar-refractivity contribution in [1.29, 1.82) is 0 Å². The summed E-state index contributed by atoms with van der Waals surface area (Å²) in [7, 11) is 0. The summed E-state index contributed by atoms with van der Waals surface area (Å²) in [5.74, 6) is 2.12. The van der Waals surface area contributed by atoms with Crippen LogP contribution in [0.15, 0.2) is 145 Å². The second kappa shape index (κ2) is 14.4. The third-order valence-corrected chi connectivity index (χ3v) is 9.96. The van der Waals surface area contributed by atoms with Crippen molar-refractivity contribution in [2.45, 2.75) is 33.1 Å². The van der Waals surface area contributed by atoms with Crippen LogP contribution in [-0.4, -0.2) is 26.9 Å². The fraction of sp³-hybridized carbons (Fsp3) is 0.106. The number of allylic oxidation sites excluding steroid dienone is 1. The topological polar surface area (TPSA) is 39.9 Å². The monoisotopic (exact) mass is 769 g/mol. The van der Waals surface area contributed by atoms with E-state index < -0.39 is 17.9 Å². The Hall–Kier alpha value is -6.68. The fourth-order valence-electron chi connectivity index (χ4n) is 7.37. The highest BCUT2D eigenvalue weighted by Gasteiger charge is 2.50. The van der Waals surface area contributed by atoms with Gasteiger partial charge in [-0.2, -0.15) is 26.3 Å². The summed E-state index contributed by atoms with van der Waals surface area (Å²) in [5, 5.41) is 2.21. The van der Waals surface area contributed by atoms with E-state index >= 15 is 0 Å². The molecule has 0 aliphatic rings. The van der Waals surface area contributed by atoms with E-state index in [-0.39, 0.29) is 11.6 Å². The van der Waals surface area contributed by atoms with Crippen LogP contribution in [0.3, 0.4) is 0 Å². The van der Waals surface area contributed by atoms with E-state index in [4.69, 9.17) is 9.72 Å². The van der Waals surface area contributed by atoms with Crippen molar-refractivity contribution in [3.63, 3.8) is 0 Å². The molecule has 0 radical (unpaired) electrons. The van der Waals surface area contributed by atoms with Gasteiger partial charge in [0, 0.05) is 34.8 Å². The van der Waals surface area contributed by atoms with Crippen LogP contribution in [0.5, 0.6) is 11.5 Å². The van der Waals surface area contributed by atoms with Crippen LogP contribution in [-0.2, 0) is 0 Å². The minimum absolute atomic E-state index is 0.124. The number of benzene rings is 5. The molecule has 0 N–H and O–H groups in total. The minimum Gasteiger partial charge on any atom is -0.457 e. The first-order valence-corrected chi connectivity index (χ1v) is 18.0. The number of nitrogens with zero attached hydrogens (tertiary/aromatic N) is 3. The Morgan fingerprint density at radius 1 is 0.579 bits per heavy atom. The predicted molar refractivity (Wildman–Crippen MR) is 213 cm³/mol. The van der Waals surface area contributed by atoms with E-state index in [1.165, 1.54) is 24.3 Å². The number of fused-ring (bicyclic) bond motifs is 3. The lowest BCUT2D eigenvalue weighted by molar-refractivity contribution is -0.170. The lowest BCUT2D eigenvalue weighted by Gasteiger charge is -2.17. The average molecular weight is 770 g/mol. The number of halogens is 6. The number of rotatable bonds is 7. The summed E-state index contributed by atoms with van der Waals surface area (Å²) in [6, 6.07) is 39.4. The fourth-order valence-corrected chi connectivity index (χ4v) is 7.37. The molecule has 0 saturated carbocycles. The van der Waals surface area contributed by atoms with E-state index in [1.807, 2.05) is 112 Å². The summed E-state index contributed by atoms with van der Waals surface area (Å²) < 4.78 is 87.1. The number of alkyl halides is 6. The second-order valence-electron chi connectivity index (χ2n) is 13.9. The van der Waals surface area contributed by atoms with Crippen LogP contribution in [0.25, 0.3) is 67.2 Å². The molecule has 0 aliphatic heterocycles. The molecule has 5 aromatic carbocycles. The molecule has 0 fully saturated rings.